The molecule has 0 amide bonds. The molecule has 0 aliphatic rings. The highest BCUT2D eigenvalue weighted by Crippen LogP contribution is 2.31. The zero-order chi connectivity index (χ0) is 10.7. The van der Waals surface area contributed by atoms with Crippen LogP contribution in [0.4, 0.5) is 0 Å². The number of nitriles is 1. The summed E-state index contributed by atoms with van der Waals surface area (Å²) < 4.78 is 4.98. The highest BCUT2D eigenvalue weighted by Gasteiger charge is 2.14. The maximum absolute atomic E-state index is 11.2. The molecule has 0 atom stereocenters. The standard InChI is InChI=1S/C10H8ClNO2/c1-6(13)8-4-3-7(5-12)9(11)10(8)14-2/h3-4H,1-2H3. The molecule has 0 radical (unpaired) electrons. The average Bonchev–Trinajstić information content (AvgIpc) is 2.17. The van der Waals surface area contributed by atoms with Gasteiger partial charge in [0.25, 0.3) is 0 Å². The lowest BCUT2D eigenvalue weighted by Gasteiger charge is -2.08. The van der Waals surface area contributed by atoms with Gasteiger partial charge in [0.05, 0.1) is 18.2 Å². The molecule has 1 rings (SSSR count). The van der Waals surface area contributed by atoms with Crippen molar-refractivity contribution in [3.8, 4) is 11.8 Å². The minimum Gasteiger partial charge on any atom is -0.494 e. The van der Waals surface area contributed by atoms with Crippen molar-refractivity contribution in [3.05, 3.63) is 28.3 Å². The molecular formula is C10H8ClNO2. The molecule has 1 aromatic carbocycles. The van der Waals surface area contributed by atoms with Gasteiger partial charge in [-0.3, -0.25) is 4.79 Å². The van der Waals surface area contributed by atoms with Crippen LogP contribution in [-0.4, -0.2) is 12.9 Å². The van der Waals surface area contributed by atoms with Crippen molar-refractivity contribution in [2.24, 2.45) is 0 Å². The molecule has 3 nitrogen and oxygen atoms in total. The maximum Gasteiger partial charge on any atom is 0.163 e. The van der Waals surface area contributed by atoms with Crippen LogP contribution >= 0.6 is 11.6 Å². The van der Waals surface area contributed by atoms with Crippen LogP contribution in [0.25, 0.3) is 0 Å². The molecule has 0 N–H and O–H groups in total. The number of Topliss-reactive ketones (excluding diaryl/α,β-unsaturated/α-hetero) is 1. The van der Waals surface area contributed by atoms with E-state index in [1.807, 2.05) is 6.07 Å². The SMILES string of the molecule is COc1c(C(C)=O)ccc(C#N)c1Cl. The lowest BCUT2D eigenvalue weighted by Crippen LogP contribution is -1.99. The number of benzene rings is 1. The lowest BCUT2D eigenvalue weighted by molar-refractivity contribution is 0.101. The Morgan fingerprint density at radius 2 is 2.21 bits per heavy atom. The summed E-state index contributed by atoms with van der Waals surface area (Å²) in [6, 6.07) is 4.95. The van der Waals surface area contributed by atoms with E-state index in [2.05, 4.69) is 0 Å². The van der Waals surface area contributed by atoms with Gasteiger partial charge in [0.15, 0.2) is 5.78 Å². The highest BCUT2D eigenvalue weighted by atomic mass is 35.5. The Balaban J connectivity index is 3.45. The van der Waals surface area contributed by atoms with Crippen molar-refractivity contribution in [1.82, 2.24) is 0 Å². The van der Waals surface area contributed by atoms with Crippen molar-refractivity contribution >= 4 is 17.4 Å². The van der Waals surface area contributed by atoms with Crippen LogP contribution in [-0.2, 0) is 0 Å². The van der Waals surface area contributed by atoms with Crippen molar-refractivity contribution in [2.75, 3.05) is 7.11 Å². The molecule has 14 heavy (non-hydrogen) atoms. The Hall–Kier alpha value is -1.53. The number of hydrogen-bond donors (Lipinski definition) is 0. The van der Waals surface area contributed by atoms with Gasteiger partial charge >= 0.3 is 0 Å². The number of ketones is 1. The van der Waals surface area contributed by atoms with Crippen LogP contribution in [0.15, 0.2) is 12.1 Å². The predicted molar refractivity (Wildman–Crippen MR) is 52.7 cm³/mol. The van der Waals surface area contributed by atoms with E-state index in [-0.39, 0.29) is 16.6 Å². The van der Waals surface area contributed by atoms with Gasteiger partial charge in [0.1, 0.15) is 16.8 Å². The highest BCUT2D eigenvalue weighted by molar-refractivity contribution is 6.33. The van der Waals surface area contributed by atoms with E-state index in [9.17, 15) is 4.79 Å². The largest absolute Gasteiger partial charge is 0.494 e. The molecule has 1 aromatic rings. The molecule has 0 aromatic heterocycles. The van der Waals surface area contributed by atoms with E-state index in [1.54, 1.807) is 0 Å². The van der Waals surface area contributed by atoms with Gasteiger partial charge in [0.2, 0.25) is 0 Å². The average molecular weight is 210 g/mol. The van der Waals surface area contributed by atoms with E-state index in [0.717, 1.165) is 0 Å². The lowest BCUT2D eigenvalue weighted by atomic mass is 10.1. The maximum atomic E-state index is 11.2. The fourth-order valence-electron chi connectivity index (χ4n) is 1.12. The first kappa shape index (κ1) is 10.6. The smallest absolute Gasteiger partial charge is 0.163 e. The topological polar surface area (TPSA) is 50.1 Å². The van der Waals surface area contributed by atoms with Crippen LogP contribution in [0.1, 0.15) is 22.8 Å². The summed E-state index contributed by atoms with van der Waals surface area (Å²) in [5.74, 6) is 0.117. The number of rotatable bonds is 2. The summed E-state index contributed by atoms with van der Waals surface area (Å²) in [6.45, 7) is 1.42. The summed E-state index contributed by atoms with van der Waals surface area (Å²) in [5.41, 5.74) is 0.685. The van der Waals surface area contributed by atoms with Crippen LogP contribution in [0, 0.1) is 11.3 Å². The number of carbonyl (C=O) groups excluding carboxylic acids is 1. The monoisotopic (exact) mass is 209 g/mol. The van der Waals surface area contributed by atoms with Crippen molar-refractivity contribution in [3.63, 3.8) is 0 Å². The van der Waals surface area contributed by atoms with Crippen LogP contribution in [0.5, 0.6) is 5.75 Å². The van der Waals surface area contributed by atoms with Gasteiger partial charge in [-0.05, 0) is 19.1 Å². The van der Waals surface area contributed by atoms with Crippen molar-refractivity contribution < 1.29 is 9.53 Å². The summed E-state index contributed by atoms with van der Waals surface area (Å²) in [4.78, 5) is 11.2. The normalized spacial score (nSPS) is 9.29. The molecule has 0 saturated heterocycles. The van der Waals surface area contributed by atoms with Crippen molar-refractivity contribution in [2.45, 2.75) is 6.92 Å². The van der Waals surface area contributed by atoms with Gasteiger partial charge in [-0.25, -0.2) is 0 Å². The molecule has 0 fully saturated rings. The third-order valence-electron chi connectivity index (χ3n) is 1.80. The van der Waals surface area contributed by atoms with Crippen LogP contribution in [0.2, 0.25) is 5.02 Å². The van der Waals surface area contributed by atoms with E-state index < -0.39 is 0 Å². The van der Waals surface area contributed by atoms with Gasteiger partial charge < -0.3 is 4.74 Å². The Kier molecular flexibility index (Phi) is 3.10. The van der Waals surface area contributed by atoms with Gasteiger partial charge in [-0.2, -0.15) is 5.26 Å². The predicted octanol–water partition coefficient (Wildman–Crippen LogP) is 2.42. The number of hydrogen-bond acceptors (Lipinski definition) is 3. The Morgan fingerprint density at radius 3 is 2.64 bits per heavy atom. The van der Waals surface area contributed by atoms with Gasteiger partial charge in [-0.15, -0.1) is 0 Å². The Morgan fingerprint density at radius 1 is 1.57 bits per heavy atom. The second-order valence-electron chi connectivity index (χ2n) is 2.68. The molecule has 0 heterocycles. The molecule has 0 spiro atoms. The Bertz CT molecular complexity index is 421. The third kappa shape index (κ3) is 1.70. The zero-order valence-corrected chi connectivity index (χ0v) is 8.55. The molecule has 0 aliphatic carbocycles. The quantitative estimate of drug-likeness (QED) is 0.703. The first-order chi connectivity index (χ1) is 6.61. The molecule has 0 saturated carbocycles. The third-order valence-corrected chi connectivity index (χ3v) is 2.18. The van der Waals surface area contributed by atoms with Crippen LogP contribution < -0.4 is 4.74 Å². The van der Waals surface area contributed by atoms with E-state index in [4.69, 9.17) is 21.6 Å². The summed E-state index contributed by atoms with van der Waals surface area (Å²) in [5, 5.41) is 8.88. The minimum absolute atomic E-state index is 0.145. The first-order valence-electron chi connectivity index (χ1n) is 3.89. The van der Waals surface area contributed by atoms with E-state index in [1.165, 1.54) is 26.2 Å². The number of ether oxygens (including phenoxy) is 1. The van der Waals surface area contributed by atoms with Crippen LogP contribution in [0.3, 0.4) is 0 Å². The summed E-state index contributed by atoms with van der Waals surface area (Å²) in [6.07, 6.45) is 0. The number of carbonyl (C=O) groups is 1. The molecule has 4 heteroatoms. The number of nitrogens with zero attached hydrogens (tertiary/aromatic N) is 1. The second kappa shape index (κ2) is 4.12. The Labute approximate surface area is 86.9 Å². The van der Waals surface area contributed by atoms with Crippen molar-refractivity contribution in [1.29, 1.82) is 5.26 Å². The fourth-order valence-corrected chi connectivity index (χ4v) is 1.40. The molecular weight excluding hydrogens is 202 g/mol. The van der Waals surface area contributed by atoms with E-state index >= 15 is 0 Å². The molecule has 0 unspecified atom stereocenters. The first-order valence-corrected chi connectivity index (χ1v) is 4.27. The fraction of sp³-hybridized carbons (Fsp3) is 0.200. The van der Waals surface area contributed by atoms with Gasteiger partial charge in [0, 0.05) is 0 Å². The van der Waals surface area contributed by atoms with Gasteiger partial charge in [-0.1, -0.05) is 11.6 Å². The number of methoxy groups -OCH3 is 1. The minimum atomic E-state index is -0.145. The summed E-state index contributed by atoms with van der Waals surface area (Å²) in [7, 11) is 1.41. The molecule has 72 valence electrons. The zero-order valence-electron chi connectivity index (χ0n) is 7.80. The summed E-state index contributed by atoms with van der Waals surface area (Å²) >= 11 is 5.86. The second-order valence-corrected chi connectivity index (χ2v) is 3.05. The molecule has 0 aliphatic heterocycles. The molecule has 0 bridgehead atoms. The van der Waals surface area contributed by atoms with E-state index in [0.29, 0.717) is 11.1 Å². The number of halogens is 1.